The zero-order valence-corrected chi connectivity index (χ0v) is 11.0. The molecule has 1 aliphatic heterocycles. The molecule has 1 saturated carbocycles. The van der Waals surface area contributed by atoms with Crippen molar-refractivity contribution in [3.8, 4) is 0 Å². The fourth-order valence-electron chi connectivity index (χ4n) is 2.67. The molecule has 2 heterocycles. The Labute approximate surface area is 107 Å². The van der Waals surface area contributed by atoms with Gasteiger partial charge in [-0.3, -0.25) is 4.79 Å². The lowest BCUT2D eigenvalue weighted by Crippen LogP contribution is -2.27. The minimum Gasteiger partial charge on any atom is -0.356 e. The normalized spacial score (nSPS) is 24.9. The van der Waals surface area contributed by atoms with Gasteiger partial charge >= 0.3 is 0 Å². The number of aromatic amines is 1. The first-order valence-corrected chi connectivity index (χ1v) is 7.08. The molecule has 1 aromatic heterocycles. The summed E-state index contributed by atoms with van der Waals surface area (Å²) in [7, 11) is 0. The number of anilines is 1. The van der Waals surface area contributed by atoms with Gasteiger partial charge < -0.3 is 9.88 Å². The van der Waals surface area contributed by atoms with Crippen molar-refractivity contribution >= 4 is 5.82 Å². The molecule has 4 nitrogen and oxygen atoms in total. The quantitative estimate of drug-likeness (QED) is 0.872. The van der Waals surface area contributed by atoms with Crippen LogP contribution in [-0.2, 0) is 0 Å². The summed E-state index contributed by atoms with van der Waals surface area (Å²) in [6.07, 6.45) is 6.03. The first-order chi connectivity index (χ1) is 8.72. The second kappa shape index (κ2) is 4.75. The smallest absolute Gasteiger partial charge is 0.252 e. The highest BCUT2D eigenvalue weighted by atomic mass is 16.1. The Balaban J connectivity index is 1.83. The number of nitrogens with one attached hydrogen (secondary N) is 1. The van der Waals surface area contributed by atoms with Crippen LogP contribution in [-0.4, -0.2) is 23.1 Å². The minimum absolute atomic E-state index is 0.000745. The molecule has 0 amide bonds. The molecule has 0 spiro atoms. The molecule has 3 rings (SSSR count). The third-order valence-electron chi connectivity index (χ3n) is 4.05. The summed E-state index contributed by atoms with van der Waals surface area (Å²) in [6.45, 7) is 4.37. The third kappa shape index (κ3) is 2.57. The van der Waals surface area contributed by atoms with Gasteiger partial charge in [-0.1, -0.05) is 6.92 Å². The van der Waals surface area contributed by atoms with E-state index in [4.69, 9.17) is 0 Å². The molecular weight excluding hydrogens is 226 g/mol. The van der Waals surface area contributed by atoms with Crippen LogP contribution < -0.4 is 10.5 Å². The minimum atomic E-state index is -0.000745. The van der Waals surface area contributed by atoms with E-state index in [0.29, 0.717) is 5.92 Å². The van der Waals surface area contributed by atoms with Gasteiger partial charge in [-0.2, -0.15) is 0 Å². The maximum absolute atomic E-state index is 11.7. The highest BCUT2D eigenvalue weighted by molar-refractivity contribution is 5.38. The predicted molar refractivity (Wildman–Crippen MR) is 72.1 cm³/mol. The maximum Gasteiger partial charge on any atom is 0.252 e. The van der Waals surface area contributed by atoms with Crippen molar-refractivity contribution in [1.82, 2.24) is 9.97 Å². The molecule has 98 valence electrons. The Bertz CT molecular complexity index is 478. The second-order valence-corrected chi connectivity index (χ2v) is 5.79. The summed E-state index contributed by atoms with van der Waals surface area (Å²) in [5, 5.41) is 0. The van der Waals surface area contributed by atoms with Gasteiger partial charge in [0.2, 0.25) is 0 Å². The van der Waals surface area contributed by atoms with Gasteiger partial charge in [0.25, 0.3) is 5.56 Å². The molecule has 1 aliphatic carbocycles. The Morgan fingerprint density at radius 3 is 2.89 bits per heavy atom. The van der Waals surface area contributed by atoms with E-state index in [1.165, 1.54) is 32.1 Å². The maximum atomic E-state index is 11.7. The van der Waals surface area contributed by atoms with Crippen LogP contribution in [0, 0.1) is 5.92 Å². The van der Waals surface area contributed by atoms with E-state index in [2.05, 4.69) is 21.8 Å². The van der Waals surface area contributed by atoms with Crippen LogP contribution >= 0.6 is 0 Å². The number of hydrogen-bond donors (Lipinski definition) is 1. The predicted octanol–water partition coefficient (Wildman–Crippen LogP) is 2.27. The van der Waals surface area contributed by atoms with E-state index in [1.54, 1.807) is 6.07 Å². The Kier molecular flexibility index (Phi) is 3.10. The van der Waals surface area contributed by atoms with Gasteiger partial charge in [0.15, 0.2) is 0 Å². The summed E-state index contributed by atoms with van der Waals surface area (Å²) in [5.41, 5.74) is -0.000745. The lowest BCUT2D eigenvalue weighted by atomic mass is 10.0. The molecule has 4 heteroatoms. The summed E-state index contributed by atoms with van der Waals surface area (Å²) < 4.78 is 0. The fraction of sp³-hybridized carbons (Fsp3) is 0.714. The van der Waals surface area contributed by atoms with Gasteiger partial charge in [0.05, 0.1) is 0 Å². The molecular formula is C14H21N3O. The molecule has 0 aromatic carbocycles. The van der Waals surface area contributed by atoms with E-state index < -0.39 is 0 Å². The molecule has 0 bridgehead atoms. The largest absolute Gasteiger partial charge is 0.356 e. The zero-order valence-electron chi connectivity index (χ0n) is 11.0. The van der Waals surface area contributed by atoms with E-state index in [0.717, 1.165) is 30.6 Å². The molecule has 1 unspecified atom stereocenters. The van der Waals surface area contributed by atoms with Crippen molar-refractivity contribution in [2.45, 2.75) is 44.9 Å². The lowest BCUT2D eigenvalue weighted by molar-refractivity contribution is 0.521. The fourth-order valence-corrected chi connectivity index (χ4v) is 2.67. The average molecular weight is 247 g/mol. The second-order valence-electron chi connectivity index (χ2n) is 5.79. The molecule has 1 aromatic rings. The molecule has 2 aliphatic rings. The van der Waals surface area contributed by atoms with Crippen molar-refractivity contribution in [2.75, 3.05) is 18.0 Å². The highest BCUT2D eigenvalue weighted by Gasteiger charge is 2.27. The highest BCUT2D eigenvalue weighted by Crippen LogP contribution is 2.38. The van der Waals surface area contributed by atoms with Crippen molar-refractivity contribution in [3.05, 3.63) is 22.2 Å². The van der Waals surface area contributed by atoms with Gasteiger partial charge in [-0.15, -0.1) is 0 Å². The molecule has 1 N–H and O–H groups in total. The van der Waals surface area contributed by atoms with Crippen LogP contribution in [0.3, 0.4) is 0 Å². The molecule has 18 heavy (non-hydrogen) atoms. The number of nitrogens with zero attached hydrogens (tertiary/aromatic N) is 2. The standard InChI is InChI=1S/C14H21N3O/c1-10-3-2-7-17(8-6-10)12-9-13(18)16-14(15-12)11-4-5-11/h9-11H,2-8H2,1H3,(H,15,16,18). The average Bonchev–Trinajstić information content (AvgIpc) is 3.15. The van der Waals surface area contributed by atoms with E-state index in [-0.39, 0.29) is 5.56 Å². The van der Waals surface area contributed by atoms with Crippen LogP contribution in [0.15, 0.2) is 10.9 Å². The first kappa shape index (κ1) is 11.8. The summed E-state index contributed by atoms with van der Waals surface area (Å²) in [5.74, 6) is 3.08. The lowest BCUT2D eigenvalue weighted by Gasteiger charge is -2.21. The zero-order chi connectivity index (χ0) is 12.5. The molecule has 2 fully saturated rings. The van der Waals surface area contributed by atoms with E-state index >= 15 is 0 Å². The summed E-state index contributed by atoms with van der Waals surface area (Å²) in [6, 6.07) is 1.65. The van der Waals surface area contributed by atoms with E-state index in [9.17, 15) is 4.79 Å². The Morgan fingerprint density at radius 1 is 1.28 bits per heavy atom. The van der Waals surface area contributed by atoms with Gasteiger partial charge in [0, 0.05) is 25.1 Å². The van der Waals surface area contributed by atoms with Crippen LogP contribution in [0.5, 0.6) is 0 Å². The summed E-state index contributed by atoms with van der Waals surface area (Å²) in [4.78, 5) is 21.5. The van der Waals surface area contributed by atoms with Crippen molar-refractivity contribution < 1.29 is 0 Å². The van der Waals surface area contributed by atoms with Crippen LogP contribution in [0.4, 0.5) is 5.82 Å². The monoisotopic (exact) mass is 247 g/mol. The number of hydrogen-bond acceptors (Lipinski definition) is 3. The van der Waals surface area contributed by atoms with E-state index in [1.807, 2.05) is 0 Å². The number of H-pyrrole nitrogens is 1. The van der Waals surface area contributed by atoms with Crippen LogP contribution in [0.2, 0.25) is 0 Å². The van der Waals surface area contributed by atoms with Crippen molar-refractivity contribution in [1.29, 1.82) is 0 Å². The van der Waals surface area contributed by atoms with Gasteiger partial charge in [-0.25, -0.2) is 4.98 Å². The van der Waals surface area contributed by atoms with Gasteiger partial charge in [0.1, 0.15) is 11.6 Å². The van der Waals surface area contributed by atoms with Crippen LogP contribution in [0.25, 0.3) is 0 Å². The van der Waals surface area contributed by atoms with Gasteiger partial charge in [-0.05, 0) is 38.0 Å². The Hall–Kier alpha value is -1.32. The number of aromatic nitrogens is 2. The summed E-state index contributed by atoms with van der Waals surface area (Å²) >= 11 is 0. The molecule has 1 atom stereocenters. The Morgan fingerprint density at radius 2 is 2.11 bits per heavy atom. The van der Waals surface area contributed by atoms with Crippen molar-refractivity contribution in [2.24, 2.45) is 5.92 Å². The molecule has 1 saturated heterocycles. The first-order valence-electron chi connectivity index (χ1n) is 7.08. The van der Waals surface area contributed by atoms with Crippen LogP contribution in [0.1, 0.15) is 50.8 Å². The third-order valence-corrected chi connectivity index (χ3v) is 4.05. The SMILES string of the molecule is CC1CCCN(c2cc(=O)[nH]c(C3CC3)n2)CC1. The topological polar surface area (TPSA) is 49.0 Å². The molecule has 0 radical (unpaired) electrons. The number of rotatable bonds is 2. The van der Waals surface area contributed by atoms with Crippen molar-refractivity contribution in [3.63, 3.8) is 0 Å².